The monoisotopic (exact) mass is 419 g/mol. The molecule has 6 nitrogen and oxygen atoms in total. The number of hydrogen-bond donors (Lipinski definition) is 1. The number of halogens is 1. The third kappa shape index (κ3) is 9.76. The van der Waals surface area contributed by atoms with Crippen molar-refractivity contribution in [3.05, 3.63) is 0 Å². The van der Waals surface area contributed by atoms with Gasteiger partial charge in [-0.2, -0.15) is 0 Å². The molecule has 1 aliphatic rings. The van der Waals surface area contributed by atoms with Gasteiger partial charge in [-0.1, -0.05) is 0 Å². The van der Waals surface area contributed by atoms with Crippen LogP contribution < -0.4 is 5.32 Å². The lowest BCUT2D eigenvalue weighted by Crippen LogP contribution is -2.42. The molecule has 0 aromatic heterocycles. The zero-order chi connectivity index (χ0) is 14.3. The van der Waals surface area contributed by atoms with E-state index in [2.05, 4.69) is 10.3 Å². The number of hydrogen-bond acceptors (Lipinski definition) is 4. The van der Waals surface area contributed by atoms with E-state index in [1.54, 1.807) is 7.05 Å². The van der Waals surface area contributed by atoms with Crippen LogP contribution in [-0.4, -0.2) is 71.7 Å². The van der Waals surface area contributed by atoms with Gasteiger partial charge in [0.05, 0.1) is 12.4 Å². The second kappa shape index (κ2) is 9.78. The zero-order valence-corrected chi connectivity index (χ0v) is 15.6. The van der Waals surface area contributed by atoms with Gasteiger partial charge < -0.3 is 15.0 Å². The minimum absolute atomic E-state index is 0. The largest absolute Gasteiger partial charge is 0.379 e. The Morgan fingerprint density at radius 3 is 2.60 bits per heavy atom. The number of nitrogens with one attached hydrogen (secondary N) is 1. The van der Waals surface area contributed by atoms with Crippen LogP contribution in [0.15, 0.2) is 4.99 Å². The van der Waals surface area contributed by atoms with Gasteiger partial charge in [-0.15, -0.1) is 24.0 Å². The molecule has 0 heterocycles. The molecular formula is C12H26IN3O3S. The molecule has 0 spiro atoms. The summed E-state index contributed by atoms with van der Waals surface area (Å²) < 4.78 is 27.6. The highest BCUT2D eigenvalue weighted by atomic mass is 127. The van der Waals surface area contributed by atoms with Gasteiger partial charge in [0.2, 0.25) is 0 Å². The van der Waals surface area contributed by atoms with Crippen molar-refractivity contribution in [3.8, 4) is 0 Å². The van der Waals surface area contributed by atoms with Crippen LogP contribution in [0.25, 0.3) is 0 Å². The van der Waals surface area contributed by atoms with Gasteiger partial charge in [0.15, 0.2) is 5.96 Å². The van der Waals surface area contributed by atoms with Crippen LogP contribution in [0.1, 0.15) is 12.8 Å². The fourth-order valence-corrected chi connectivity index (χ4v) is 2.05. The molecule has 120 valence electrons. The fraction of sp³-hybridized carbons (Fsp3) is 0.917. The molecule has 1 N–H and O–H groups in total. The van der Waals surface area contributed by atoms with Crippen LogP contribution in [0, 0.1) is 5.92 Å². The third-order valence-corrected chi connectivity index (χ3v) is 3.90. The number of nitrogens with zero attached hydrogens (tertiary/aromatic N) is 2. The minimum Gasteiger partial charge on any atom is -0.379 e. The van der Waals surface area contributed by atoms with E-state index in [4.69, 9.17) is 4.74 Å². The predicted octanol–water partition coefficient (Wildman–Crippen LogP) is 0.583. The van der Waals surface area contributed by atoms with Crippen LogP contribution in [0.2, 0.25) is 0 Å². The number of ether oxygens (including phenoxy) is 1. The molecule has 1 fully saturated rings. The van der Waals surface area contributed by atoms with E-state index in [0.717, 1.165) is 19.1 Å². The predicted molar refractivity (Wildman–Crippen MR) is 92.7 cm³/mol. The van der Waals surface area contributed by atoms with Gasteiger partial charge in [-0.05, 0) is 18.8 Å². The number of sulfone groups is 1. The summed E-state index contributed by atoms with van der Waals surface area (Å²) in [5.74, 6) is 1.58. The molecule has 0 bridgehead atoms. The maximum Gasteiger partial charge on any atom is 0.193 e. The Morgan fingerprint density at radius 1 is 1.45 bits per heavy atom. The Labute approximate surface area is 139 Å². The van der Waals surface area contributed by atoms with E-state index < -0.39 is 9.84 Å². The quantitative estimate of drug-likeness (QED) is 0.270. The second-order valence-electron chi connectivity index (χ2n) is 5.04. The topological polar surface area (TPSA) is 71.0 Å². The molecule has 0 aromatic rings. The highest BCUT2D eigenvalue weighted by Crippen LogP contribution is 2.28. The molecule has 0 amide bonds. The van der Waals surface area contributed by atoms with Crippen LogP contribution in [-0.2, 0) is 14.6 Å². The standard InChI is InChI=1S/C12H25N3O3S.HI/c1-13-12(14-6-9-19(3,16)17)15(2)7-8-18-10-11-4-5-11;/h11H,4-10H2,1-3H3,(H,13,14);1H. The van der Waals surface area contributed by atoms with E-state index in [9.17, 15) is 8.42 Å². The molecule has 0 atom stereocenters. The zero-order valence-electron chi connectivity index (χ0n) is 12.5. The normalized spacial score (nSPS) is 15.7. The first-order valence-electron chi connectivity index (χ1n) is 6.59. The molecule has 1 aliphatic carbocycles. The van der Waals surface area contributed by atoms with Gasteiger partial charge >= 0.3 is 0 Å². The van der Waals surface area contributed by atoms with E-state index >= 15 is 0 Å². The Balaban J connectivity index is 0.00000361. The Hall–Kier alpha value is -0.0900. The summed E-state index contributed by atoms with van der Waals surface area (Å²) in [6.07, 6.45) is 3.82. The van der Waals surface area contributed by atoms with Crippen LogP contribution >= 0.6 is 24.0 Å². The lowest BCUT2D eigenvalue weighted by Gasteiger charge is -2.21. The number of likely N-dealkylation sites (N-methyl/N-ethyl adjacent to an activating group) is 1. The minimum atomic E-state index is -2.94. The molecule has 1 saturated carbocycles. The van der Waals surface area contributed by atoms with Gasteiger partial charge in [0.1, 0.15) is 9.84 Å². The Bertz CT molecular complexity index is 397. The van der Waals surface area contributed by atoms with Crippen molar-refractivity contribution in [2.45, 2.75) is 12.8 Å². The van der Waals surface area contributed by atoms with Gasteiger partial charge in [0, 0.05) is 40.0 Å². The van der Waals surface area contributed by atoms with Crippen LogP contribution in [0.4, 0.5) is 0 Å². The van der Waals surface area contributed by atoms with Crippen molar-refractivity contribution < 1.29 is 13.2 Å². The fourth-order valence-electron chi connectivity index (χ4n) is 1.57. The molecule has 0 unspecified atom stereocenters. The van der Waals surface area contributed by atoms with Gasteiger partial charge in [0.25, 0.3) is 0 Å². The number of guanidine groups is 1. The van der Waals surface area contributed by atoms with E-state index in [1.165, 1.54) is 19.1 Å². The van der Waals surface area contributed by atoms with E-state index in [-0.39, 0.29) is 29.7 Å². The smallest absolute Gasteiger partial charge is 0.193 e. The van der Waals surface area contributed by atoms with E-state index in [0.29, 0.717) is 19.1 Å². The molecule has 0 aliphatic heterocycles. The first kappa shape index (κ1) is 19.9. The first-order valence-corrected chi connectivity index (χ1v) is 8.65. The van der Waals surface area contributed by atoms with Crippen molar-refractivity contribution in [1.29, 1.82) is 0 Å². The summed E-state index contributed by atoms with van der Waals surface area (Å²) >= 11 is 0. The Morgan fingerprint density at radius 2 is 2.10 bits per heavy atom. The number of aliphatic imine (C=N–C) groups is 1. The maximum atomic E-state index is 11.0. The number of rotatable bonds is 8. The molecule has 8 heteroatoms. The van der Waals surface area contributed by atoms with E-state index in [1.807, 2.05) is 11.9 Å². The lowest BCUT2D eigenvalue weighted by atomic mass is 10.5. The molecule has 0 saturated heterocycles. The van der Waals surface area contributed by atoms with Gasteiger partial charge in [-0.3, -0.25) is 4.99 Å². The average Bonchev–Trinajstić information content (AvgIpc) is 3.12. The first-order chi connectivity index (χ1) is 8.92. The summed E-state index contributed by atoms with van der Waals surface area (Å²) in [5.41, 5.74) is 0. The summed E-state index contributed by atoms with van der Waals surface area (Å²) in [4.78, 5) is 6.05. The summed E-state index contributed by atoms with van der Waals surface area (Å²) in [5, 5.41) is 3.03. The maximum absolute atomic E-state index is 11.0. The van der Waals surface area contributed by atoms with Crippen LogP contribution in [0.5, 0.6) is 0 Å². The van der Waals surface area contributed by atoms with Crippen molar-refractivity contribution in [2.24, 2.45) is 10.9 Å². The SMILES string of the molecule is CN=C(NCCS(C)(=O)=O)N(C)CCOCC1CC1.I. The highest BCUT2D eigenvalue weighted by Gasteiger charge is 2.21. The van der Waals surface area contributed by atoms with Crippen molar-refractivity contribution >= 4 is 39.8 Å². The molecule has 20 heavy (non-hydrogen) atoms. The second-order valence-corrected chi connectivity index (χ2v) is 7.30. The highest BCUT2D eigenvalue weighted by molar-refractivity contribution is 14.0. The molecule has 0 radical (unpaired) electrons. The molecular weight excluding hydrogens is 393 g/mol. The van der Waals surface area contributed by atoms with Crippen molar-refractivity contribution in [1.82, 2.24) is 10.2 Å². The van der Waals surface area contributed by atoms with Crippen molar-refractivity contribution in [3.63, 3.8) is 0 Å². The molecule has 0 aromatic carbocycles. The lowest BCUT2D eigenvalue weighted by molar-refractivity contribution is 0.115. The summed E-state index contributed by atoms with van der Waals surface area (Å²) in [6, 6.07) is 0. The molecule has 1 rings (SSSR count). The van der Waals surface area contributed by atoms with Gasteiger partial charge in [-0.25, -0.2) is 8.42 Å². The third-order valence-electron chi connectivity index (χ3n) is 2.95. The van der Waals surface area contributed by atoms with Crippen LogP contribution in [0.3, 0.4) is 0 Å². The Kier molecular flexibility index (Phi) is 9.73. The van der Waals surface area contributed by atoms with Crippen molar-refractivity contribution in [2.75, 3.05) is 52.4 Å². The summed E-state index contributed by atoms with van der Waals surface area (Å²) in [7, 11) is 0.660. The average molecular weight is 419 g/mol. The summed E-state index contributed by atoms with van der Waals surface area (Å²) in [6.45, 7) is 2.64.